The van der Waals surface area contributed by atoms with Crippen LogP contribution in [0.15, 0.2) is 18.2 Å². The van der Waals surface area contributed by atoms with E-state index in [0.717, 1.165) is 24.2 Å². The maximum Gasteiger partial charge on any atom is 0.415 e. The number of carboxylic acid groups (broad SMARTS) is 1. The van der Waals surface area contributed by atoms with E-state index in [1.165, 1.54) is 23.1 Å². The molecular formula is C25H29ClF2N2O5. The number of carbonyl (C=O) groups excluding carboxylic acids is 2. The summed E-state index contributed by atoms with van der Waals surface area (Å²) < 4.78 is 33.3. The average molecular weight is 511 g/mol. The van der Waals surface area contributed by atoms with Crippen molar-refractivity contribution in [3.8, 4) is 12.3 Å². The molecular weight excluding hydrogens is 482 g/mol. The van der Waals surface area contributed by atoms with Crippen molar-refractivity contribution >= 4 is 40.9 Å². The molecule has 2 aliphatic carbocycles. The number of ether oxygens (including phenoxy) is 1. The smallest absolute Gasteiger partial charge is 0.415 e. The third kappa shape index (κ3) is 5.53. The molecule has 35 heavy (non-hydrogen) atoms. The molecule has 2 fully saturated rings. The van der Waals surface area contributed by atoms with Gasteiger partial charge in [0.1, 0.15) is 11.1 Å². The van der Waals surface area contributed by atoms with E-state index in [2.05, 4.69) is 0 Å². The van der Waals surface area contributed by atoms with Gasteiger partial charge in [-0.05, 0) is 77.0 Å². The van der Waals surface area contributed by atoms with E-state index in [4.69, 9.17) is 22.8 Å². The Balaban J connectivity index is 2.04. The summed E-state index contributed by atoms with van der Waals surface area (Å²) in [6, 6.07) is 4.12. The summed E-state index contributed by atoms with van der Waals surface area (Å²) in [4.78, 5) is 40.4. The van der Waals surface area contributed by atoms with Crippen LogP contribution in [0.3, 0.4) is 0 Å². The molecule has 2 amide bonds. The number of terminal acetylenes is 1. The summed E-state index contributed by atoms with van der Waals surface area (Å²) in [5, 5.41) is 10.1. The first-order valence-corrected chi connectivity index (χ1v) is 11.8. The number of nitrogens with zero attached hydrogens (tertiary/aromatic N) is 2. The molecule has 1 aromatic rings. The highest BCUT2D eigenvalue weighted by Gasteiger charge is 2.53. The molecule has 3 rings (SSSR count). The molecule has 190 valence electrons. The lowest BCUT2D eigenvalue weighted by Gasteiger charge is -2.44. The quantitative estimate of drug-likeness (QED) is 0.518. The number of amides is 2. The molecule has 7 nitrogen and oxygen atoms in total. The molecule has 0 atom stereocenters. The van der Waals surface area contributed by atoms with Gasteiger partial charge in [0.25, 0.3) is 0 Å². The van der Waals surface area contributed by atoms with Crippen LogP contribution in [0.2, 0.25) is 5.02 Å². The van der Waals surface area contributed by atoms with Crippen LogP contribution < -0.4 is 9.80 Å². The Bertz CT molecular complexity index is 1050. The molecule has 0 aliphatic heterocycles. The molecule has 0 bridgehead atoms. The van der Waals surface area contributed by atoms with E-state index in [0.29, 0.717) is 5.69 Å². The van der Waals surface area contributed by atoms with Gasteiger partial charge in [0.05, 0.1) is 10.7 Å². The van der Waals surface area contributed by atoms with Gasteiger partial charge in [0.15, 0.2) is 0 Å². The van der Waals surface area contributed by atoms with Crippen molar-refractivity contribution < 1.29 is 33.0 Å². The van der Waals surface area contributed by atoms with Gasteiger partial charge < -0.3 is 9.84 Å². The standard InChI is InChI=1S/C25H29ClF2N2O5/c1-5-20(31)30(24(21(32)33)11-13-25(27,28)14-12-24)17-9-10-19(18(26)15-17)29(16-7-6-8-16)22(34)35-23(2,3)4/h1,9-10,15-16H,6-8,11-14H2,2-4H3,(H,32,33). The summed E-state index contributed by atoms with van der Waals surface area (Å²) in [5.74, 6) is -3.53. The summed E-state index contributed by atoms with van der Waals surface area (Å²) in [6.07, 6.45) is 4.85. The topological polar surface area (TPSA) is 87.2 Å². The third-order valence-electron chi connectivity index (χ3n) is 6.44. The first kappa shape index (κ1) is 26.7. The van der Waals surface area contributed by atoms with E-state index < -0.39 is 60.7 Å². The zero-order valence-electron chi connectivity index (χ0n) is 19.9. The van der Waals surface area contributed by atoms with Crippen LogP contribution in [-0.4, -0.2) is 46.2 Å². The Morgan fingerprint density at radius 2 is 1.77 bits per heavy atom. The molecule has 0 spiro atoms. The summed E-state index contributed by atoms with van der Waals surface area (Å²) in [7, 11) is 0. The van der Waals surface area contributed by atoms with E-state index in [9.17, 15) is 28.3 Å². The lowest BCUT2D eigenvalue weighted by molar-refractivity contribution is -0.150. The van der Waals surface area contributed by atoms with E-state index >= 15 is 0 Å². The van der Waals surface area contributed by atoms with Crippen LogP contribution in [0.5, 0.6) is 0 Å². The average Bonchev–Trinajstić information content (AvgIpc) is 2.71. The van der Waals surface area contributed by atoms with Crippen LogP contribution in [0.1, 0.15) is 65.7 Å². The van der Waals surface area contributed by atoms with Crippen molar-refractivity contribution in [3.05, 3.63) is 23.2 Å². The van der Waals surface area contributed by atoms with Crippen molar-refractivity contribution in [2.75, 3.05) is 9.80 Å². The van der Waals surface area contributed by atoms with Gasteiger partial charge in [0.2, 0.25) is 5.92 Å². The van der Waals surface area contributed by atoms with Crippen LogP contribution in [-0.2, 0) is 14.3 Å². The van der Waals surface area contributed by atoms with Gasteiger partial charge in [-0.25, -0.2) is 18.4 Å². The molecule has 10 heteroatoms. The van der Waals surface area contributed by atoms with Crippen LogP contribution >= 0.6 is 11.6 Å². The van der Waals surface area contributed by atoms with Crippen LogP contribution in [0.25, 0.3) is 0 Å². The molecule has 1 N–H and O–H groups in total. The second-order valence-electron chi connectivity index (χ2n) is 10.0. The highest BCUT2D eigenvalue weighted by atomic mass is 35.5. The molecule has 1 aromatic carbocycles. The Hall–Kier alpha value is -2.86. The first-order valence-electron chi connectivity index (χ1n) is 11.4. The molecule has 0 aromatic heterocycles. The highest BCUT2D eigenvalue weighted by molar-refractivity contribution is 6.34. The Labute approximate surface area is 208 Å². The monoisotopic (exact) mass is 510 g/mol. The number of hydrogen-bond donors (Lipinski definition) is 1. The number of alkyl halides is 2. The number of halogens is 3. The van der Waals surface area contributed by atoms with E-state index in [-0.39, 0.29) is 16.8 Å². The zero-order chi connectivity index (χ0) is 26.2. The van der Waals surface area contributed by atoms with E-state index in [1.807, 2.05) is 5.92 Å². The summed E-state index contributed by atoms with van der Waals surface area (Å²) in [5.41, 5.74) is -2.30. The fraction of sp³-hybridized carbons (Fsp3) is 0.560. The minimum Gasteiger partial charge on any atom is -0.479 e. The largest absolute Gasteiger partial charge is 0.479 e. The predicted octanol–water partition coefficient (Wildman–Crippen LogP) is 5.63. The normalized spacial score (nSPS) is 19.1. The summed E-state index contributed by atoms with van der Waals surface area (Å²) >= 11 is 6.56. The number of carboxylic acids is 1. The molecule has 2 aliphatic rings. The Morgan fingerprint density at radius 3 is 2.20 bits per heavy atom. The van der Waals surface area contributed by atoms with Crippen LogP contribution in [0, 0.1) is 12.3 Å². The fourth-order valence-corrected chi connectivity index (χ4v) is 4.68. The van der Waals surface area contributed by atoms with Crippen molar-refractivity contribution in [1.82, 2.24) is 0 Å². The minimum atomic E-state index is -3.03. The van der Waals surface area contributed by atoms with Crippen molar-refractivity contribution in [2.24, 2.45) is 0 Å². The van der Waals surface area contributed by atoms with Gasteiger partial charge in [-0.3, -0.25) is 14.6 Å². The Kier molecular flexibility index (Phi) is 7.37. The minimum absolute atomic E-state index is 0.0482. The first-order chi connectivity index (χ1) is 16.2. The number of benzene rings is 1. The zero-order valence-corrected chi connectivity index (χ0v) is 20.7. The molecule has 0 heterocycles. The predicted molar refractivity (Wildman–Crippen MR) is 128 cm³/mol. The van der Waals surface area contributed by atoms with Crippen molar-refractivity contribution in [1.29, 1.82) is 0 Å². The molecule has 2 saturated carbocycles. The van der Waals surface area contributed by atoms with Crippen LogP contribution in [0.4, 0.5) is 25.0 Å². The molecule has 0 radical (unpaired) electrons. The third-order valence-corrected chi connectivity index (χ3v) is 6.74. The van der Waals surface area contributed by atoms with Gasteiger partial charge in [0, 0.05) is 24.6 Å². The second kappa shape index (κ2) is 9.65. The Morgan fingerprint density at radius 1 is 1.17 bits per heavy atom. The number of anilines is 2. The number of aliphatic carboxylic acids is 1. The summed E-state index contributed by atoms with van der Waals surface area (Å²) in [6.45, 7) is 5.24. The van der Waals surface area contributed by atoms with Crippen molar-refractivity contribution in [2.45, 2.75) is 88.8 Å². The van der Waals surface area contributed by atoms with Gasteiger partial charge >= 0.3 is 18.0 Å². The molecule has 0 unspecified atom stereocenters. The SMILES string of the molecule is C#CC(=O)N(c1ccc(N(C(=O)OC(C)(C)C)C2CCC2)c(Cl)c1)C1(C(=O)O)CCC(F)(F)CC1. The lowest BCUT2D eigenvalue weighted by atomic mass is 9.78. The lowest BCUT2D eigenvalue weighted by Crippen LogP contribution is -2.60. The number of hydrogen-bond acceptors (Lipinski definition) is 4. The van der Waals surface area contributed by atoms with Gasteiger partial charge in [-0.1, -0.05) is 11.6 Å². The van der Waals surface area contributed by atoms with Crippen molar-refractivity contribution in [3.63, 3.8) is 0 Å². The number of rotatable bonds is 5. The fourth-order valence-electron chi connectivity index (χ4n) is 4.42. The molecule has 0 saturated heterocycles. The maximum atomic E-state index is 13.9. The van der Waals surface area contributed by atoms with Gasteiger partial charge in [-0.15, -0.1) is 6.42 Å². The second-order valence-corrected chi connectivity index (χ2v) is 10.5. The highest BCUT2D eigenvalue weighted by Crippen LogP contribution is 2.45. The number of carbonyl (C=O) groups is 3. The maximum absolute atomic E-state index is 13.9. The van der Waals surface area contributed by atoms with E-state index in [1.54, 1.807) is 20.8 Å². The van der Waals surface area contributed by atoms with Gasteiger partial charge in [-0.2, -0.15) is 0 Å².